The number of hydrogen-bond donors (Lipinski definition) is 0. The summed E-state index contributed by atoms with van der Waals surface area (Å²) in [6, 6.07) is 8.19. The minimum Gasteiger partial charge on any atom is -0.459 e. The van der Waals surface area contributed by atoms with Crippen LogP contribution in [-0.2, 0) is 9.53 Å². The number of nitrogens with zero attached hydrogens (tertiary/aromatic N) is 2. The number of esters is 1. The van der Waals surface area contributed by atoms with Crippen LogP contribution in [0.25, 0.3) is 6.08 Å². The number of carbonyl (C=O) groups is 1. The van der Waals surface area contributed by atoms with E-state index in [-0.39, 0.29) is 11.7 Å². The maximum absolute atomic E-state index is 13.5. The Labute approximate surface area is 214 Å². The molecule has 1 aliphatic rings. The number of fused-ring (bicyclic) bond motifs is 1. The van der Waals surface area contributed by atoms with Gasteiger partial charge in [-0.2, -0.15) is 0 Å². The molecule has 4 rings (SSSR count). The molecule has 0 unspecified atom stereocenters. The Morgan fingerprint density at radius 2 is 2.06 bits per heavy atom. The fourth-order valence-corrected chi connectivity index (χ4v) is 5.25. The van der Waals surface area contributed by atoms with Gasteiger partial charge in [0.2, 0.25) is 0 Å². The molecule has 0 saturated carbocycles. The van der Waals surface area contributed by atoms with E-state index in [0.717, 1.165) is 10.0 Å². The molecule has 0 radical (unpaired) electrons. The number of carbonyl (C=O) groups excluding carboxylic acids is 1. The summed E-state index contributed by atoms with van der Waals surface area (Å²) in [6.07, 6.45) is 1.37. The molecule has 10 heteroatoms. The van der Waals surface area contributed by atoms with Crippen LogP contribution in [0.15, 0.2) is 60.3 Å². The smallest absolute Gasteiger partial charge is 0.338 e. The lowest BCUT2D eigenvalue weighted by molar-refractivity contribution is -0.143. The minimum absolute atomic E-state index is 0.265. The fourth-order valence-electron chi connectivity index (χ4n) is 3.38. The molecule has 1 aromatic carbocycles. The average Bonchev–Trinajstić information content (AvgIpc) is 3.19. The summed E-state index contributed by atoms with van der Waals surface area (Å²) in [5, 5.41) is 0.561. The Kier molecular flexibility index (Phi) is 6.81. The minimum atomic E-state index is -0.680. The predicted molar refractivity (Wildman–Crippen MR) is 136 cm³/mol. The highest BCUT2D eigenvalue weighted by Gasteiger charge is 2.33. The molecule has 0 N–H and O–H groups in total. The number of rotatable bonds is 4. The molecule has 3 heterocycles. The Hall–Kier alpha value is -1.69. The topological polar surface area (TPSA) is 73.8 Å². The summed E-state index contributed by atoms with van der Waals surface area (Å²) in [4.78, 5) is 31.6. The number of ether oxygens (including phenoxy) is 1. The second-order valence-electron chi connectivity index (χ2n) is 7.36. The third kappa shape index (κ3) is 4.52. The molecule has 0 fully saturated rings. The molecule has 1 atom stereocenters. The number of hydrogen-bond acceptors (Lipinski definition) is 6. The summed E-state index contributed by atoms with van der Waals surface area (Å²) in [6.45, 7) is 5.31. The highest BCUT2D eigenvalue weighted by atomic mass is 127. The van der Waals surface area contributed by atoms with E-state index < -0.39 is 12.0 Å². The van der Waals surface area contributed by atoms with Gasteiger partial charge in [0.15, 0.2) is 8.57 Å². The molecule has 2 aromatic heterocycles. The molecule has 0 spiro atoms. The van der Waals surface area contributed by atoms with Gasteiger partial charge in [-0.25, -0.2) is 9.79 Å². The van der Waals surface area contributed by atoms with Crippen molar-refractivity contribution in [3.63, 3.8) is 0 Å². The summed E-state index contributed by atoms with van der Waals surface area (Å²) < 4.78 is 14.6. The number of allylic oxidation sites excluding steroid dienone is 1. The van der Waals surface area contributed by atoms with E-state index >= 15 is 0 Å². The van der Waals surface area contributed by atoms with Gasteiger partial charge >= 0.3 is 5.97 Å². The number of thiazole rings is 1. The van der Waals surface area contributed by atoms with E-state index in [2.05, 4.69) is 43.5 Å². The fraction of sp³-hybridized carbons (Fsp3) is 0.227. The molecule has 0 saturated heterocycles. The van der Waals surface area contributed by atoms with E-state index in [1.54, 1.807) is 57.2 Å². The van der Waals surface area contributed by atoms with Crippen molar-refractivity contribution in [2.45, 2.75) is 32.9 Å². The number of halogens is 3. The largest absolute Gasteiger partial charge is 0.459 e. The third-order valence-corrected chi connectivity index (χ3v) is 8.07. The normalized spacial score (nSPS) is 16.3. The molecular weight excluding hydrogens is 631 g/mol. The summed E-state index contributed by atoms with van der Waals surface area (Å²) in [5.74, 6) is 0.0461. The van der Waals surface area contributed by atoms with Crippen molar-refractivity contribution in [1.29, 1.82) is 0 Å². The molecule has 1 aliphatic heterocycles. The molecule has 3 aromatic rings. The van der Waals surface area contributed by atoms with Crippen LogP contribution in [0, 0.1) is 3.77 Å². The quantitative estimate of drug-likeness (QED) is 0.302. The lowest BCUT2D eigenvalue weighted by Crippen LogP contribution is -2.40. The lowest BCUT2D eigenvalue weighted by atomic mass is 9.96. The second-order valence-corrected chi connectivity index (χ2v) is 10.6. The first kappa shape index (κ1) is 23.5. The Morgan fingerprint density at radius 3 is 2.66 bits per heavy atom. The van der Waals surface area contributed by atoms with Crippen molar-refractivity contribution >= 4 is 73.5 Å². The average molecular weight is 648 g/mol. The van der Waals surface area contributed by atoms with Crippen molar-refractivity contribution in [1.82, 2.24) is 4.57 Å². The zero-order chi connectivity index (χ0) is 23.2. The summed E-state index contributed by atoms with van der Waals surface area (Å²) in [5.41, 5.74) is 1.31. The second kappa shape index (κ2) is 9.28. The van der Waals surface area contributed by atoms with Crippen LogP contribution in [0.4, 0.5) is 0 Å². The van der Waals surface area contributed by atoms with E-state index in [9.17, 15) is 9.59 Å². The first-order valence-electron chi connectivity index (χ1n) is 9.59. The van der Waals surface area contributed by atoms with Gasteiger partial charge in [-0.1, -0.05) is 35.1 Å². The molecule has 0 bridgehead atoms. The number of aromatic nitrogens is 1. The van der Waals surface area contributed by atoms with Gasteiger partial charge in [-0.15, -0.1) is 0 Å². The van der Waals surface area contributed by atoms with Crippen LogP contribution in [-0.4, -0.2) is 16.6 Å². The SMILES string of the molecule is CC1=C(C(=O)OC(C)C)[C@@H](c2ccc(Cl)cc2)n2c(s/c(=C/c3cc(Br)c(I)o3)c2=O)=N1. The van der Waals surface area contributed by atoms with Crippen LogP contribution in [0.1, 0.15) is 38.1 Å². The van der Waals surface area contributed by atoms with E-state index in [1.165, 1.54) is 15.9 Å². The molecular formula is C22H17BrClIN2O4S. The van der Waals surface area contributed by atoms with Gasteiger partial charge in [-0.05, 0) is 60.5 Å². The number of furan rings is 1. The van der Waals surface area contributed by atoms with Crippen LogP contribution in [0.5, 0.6) is 0 Å². The molecule has 0 amide bonds. The van der Waals surface area contributed by atoms with Gasteiger partial charge in [0.1, 0.15) is 5.76 Å². The first-order chi connectivity index (χ1) is 15.2. The standard InChI is InChI=1S/C22H17BrClIN2O4S/c1-10(2)30-21(29)17-11(3)26-22-27(18(17)12-4-6-13(24)7-5-12)20(28)16(32-22)9-14-8-15(23)19(25)31-14/h4-10,18H,1-3H3/b16-9+/t18-/m1/s1. The van der Waals surface area contributed by atoms with Gasteiger partial charge in [0, 0.05) is 33.7 Å². The molecule has 166 valence electrons. The Balaban J connectivity index is 1.94. The highest BCUT2D eigenvalue weighted by Crippen LogP contribution is 2.31. The third-order valence-electron chi connectivity index (χ3n) is 4.71. The van der Waals surface area contributed by atoms with Crippen LogP contribution in [0.2, 0.25) is 5.02 Å². The van der Waals surface area contributed by atoms with Crippen LogP contribution in [0.3, 0.4) is 0 Å². The monoisotopic (exact) mass is 646 g/mol. The number of benzene rings is 1. The van der Waals surface area contributed by atoms with Crippen molar-refractivity contribution < 1.29 is 13.9 Å². The van der Waals surface area contributed by atoms with Gasteiger partial charge in [0.25, 0.3) is 5.56 Å². The predicted octanol–water partition coefficient (Wildman–Crippen LogP) is 4.80. The molecule has 0 aliphatic carbocycles. The maximum atomic E-state index is 13.5. The Bertz CT molecular complexity index is 1400. The zero-order valence-electron chi connectivity index (χ0n) is 17.2. The van der Waals surface area contributed by atoms with Crippen molar-refractivity contribution in [2.75, 3.05) is 0 Å². The first-order valence-corrected chi connectivity index (χ1v) is 12.7. The van der Waals surface area contributed by atoms with Gasteiger partial charge in [0.05, 0.1) is 32.4 Å². The molecule has 32 heavy (non-hydrogen) atoms. The van der Waals surface area contributed by atoms with Crippen LogP contribution >= 0.6 is 61.5 Å². The Morgan fingerprint density at radius 1 is 1.38 bits per heavy atom. The zero-order valence-corrected chi connectivity index (χ0v) is 22.5. The molecule has 6 nitrogen and oxygen atoms in total. The van der Waals surface area contributed by atoms with Crippen molar-refractivity contribution in [3.8, 4) is 0 Å². The van der Waals surface area contributed by atoms with Crippen molar-refractivity contribution in [2.24, 2.45) is 4.99 Å². The van der Waals surface area contributed by atoms with E-state index in [1.807, 2.05) is 0 Å². The summed E-state index contributed by atoms with van der Waals surface area (Å²) in [7, 11) is 0. The van der Waals surface area contributed by atoms with Gasteiger partial charge in [-0.3, -0.25) is 9.36 Å². The highest BCUT2D eigenvalue weighted by molar-refractivity contribution is 14.1. The van der Waals surface area contributed by atoms with Crippen molar-refractivity contribution in [3.05, 3.63) is 85.9 Å². The van der Waals surface area contributed by atoms with Gasteiger partial charge < -0.3 is 9.15 Å². The van der Waals surface area contributed by atoms with E-state index in [4.69, 9.17) is 20.8 Å². The van der Waals surface area contributed by atoms with Crippen LogP contribution < -0.4 is 14.9 Å². The summed E-state index contributed by atoms with van der Waals surface area (Å²) >= 11 is 12.8. The van der Waals surface area contributed by atoms with E-state index in [0.29, 0.717) is 35.2 Å². The lowest BCUT2D eigenvalue weighted by Gasteiger charge is -2.25. The maximum Gasteiger partial charge on any atom is 0.338 e.